The van der Waals surface area contributed by atoms with Crippen LogP contribution < -0.4 is 4.72 Å². The SMILES string of the molecule is O=S(=O)(NCc1ccnc(-n2cccn2)c1)c1ccc(Br)cc1Cl. The number of nitrogens with one attached hydrogen (secondary N) is 1. The predicted molar refractivity (Wildman–Crippen MR) is 94.5 cm³/mol. The van der Waals surface area contributed by atoms with Gasteiger partial charge in [-0.1, -0.05) is 27.5 Å². The smallest absolute Gasteiger partial charge is 0.237 e. The number of sulfonamides is 1. The van der Waals surface area contributed by atoms with Gasteiger partial charge in [0.05, 0.1) is 5.02 Å². The maximum absolute atomic E-state index is 12.4. The maximum atomic E-state index is 12.4. The molecule has 3 rings (SSSR count). The molecular weight excluding hydrogens is 416 g/mol. The third-order valence-electron chi connectivity index (χ3n) is 3.20. The Kier molecular flexibility index (Phi) is 5.00. The van der Waals surface area contributed by atoms with Crippen LogP contribution in [-0.4, -0.2) is 23.2 Å². The fraction of sp³-hybridized carbons (Fsp3) is 0.0667. The monoisotopic (exact) mass is 426 g/mol. The van der Waals surface area contributed by atoms with E-state index >= 15 is 0 Å². The normalized spacial score (nSPS) is 11.6. The number of benzene rings is 1. The van der Waals surface area contributed by atoms with Crippen molar-refractivity contribution < 1.29 is 8.42 Å². The molecule has 0 unspecified atom stereocenters. The van der Waals surface area contributed by atoms with Gasteiger partial charge in [-0.3, -0.25) is 0 Å². The minimum atomic E-state index is -3.72. The highest BCUT2D eigenvalue weighted by Gasteiger charge is 2.17. The van der Waals surface area contributed by atoms with Crippen LogP contribution >= 0.6 is 27.5 Å². The molecule has 9 heteroatoms. The molecule has 3 aromatic rings. The first-order valence-corrected chi connectivity index (χ1v) is 9.51. The van der Waals surface area contributed by atoms with E-state index in [1.54, 1.807) is 53.6 Å². The van der Waals surface area contributed by atoms with Gasteiger partial charge in [-0.2, -0.15) is 5.10 Å². The summed E-state index contributed by atoms with van der Waals surface area (Å²) < 4.78 is 29.7. The van der Waals surface area contributed by atoms with E-state index < -0.39 is 10.0 Å². The fourth-order valence-corrected chi connectivity index (χ4v) is 4.10. The van der Waals surface area contributed by atoms with Gasteiger partial charge in [-0.25, -0.2) is 22.8 Å². The molecule has 0 aliphatic rings. The van der Waals surface area contributed by atoms with Gasteiger partial charge in [0.1, 0.15) is 4.90 Å². The van der Waals surface area contributed by atoms with Crippen LogP contribution in [0.4, 0.5) is 0 Å². The van der Waals surface area contributed by atoms with Gasteiger partial charge in [-0.15, -0.1) is 0 Å². The van der Waals surface area contributed by atoms with Gasteiger partial charge >= 0.3 is 0 Å². The van der Waals surface area contributed by atoms with E-state index in [1.807, 2.05) is 0 Å². The molecule has 0 fully saturated rings. The zero-order valence-electron chi connectivity index (χ0n) is 12.2. The second-order valence-corrected chi connectivity index (χ2v) is 7.93. The number of nitrogens with zero attached hydrogens (tertiary/aromatic N) is 3. The van der Waals surface area contributed by atoms with Crippen molar-refractivity contribution in [2.45, 2.75) is 11.4 Å². The first-order valence-electron chi connectivity index (χ1n) is 6.85. The summed E-state index contributed by atoms with van der Waals surface area (Å²) in [6.45, 7) is 0.117. The minimum Gasteiger partial charge on any atom is -0.237 e. The van der Waals surface area contributed by atoms with Gasteiger partial charge in [0, 0.05) is 29.6 Å². The maximum Gasteiger partial charge on any atom is 0.242 e. The molecule has 0 atom stereocenters. The number of halogens is 2. The van der Waals surface area contributed by atoms with Crippen LogP contribution in [-0.2, 0) is 16.6 Å². The van der Waals surface area contributed by atoms with E-state index in [0.29, 0.717) is 10.3 Å². The summed E-state index contributed by atoms with van der Waals surface area (Å²) in [5.41, 5.74) is 0.757. The number of pyridine rings is 1. The third kappa shape index (κ3) is 3.84. The van der Waals surface area contributed by atoms with E-state index in [1.165, 1.54) is 6.07 Å². The number of hydrogen-bond donors (Lipinski definition) is 1. The van der Waals surface area contributed by atoms with Crippen LogP contribution in [0.1, 0.15) is 5.56 Å². The first kappa shape index (κ1) is 17.1. The van der Waals surface area contributed by atoms with Crippen molar-refractivity contribution in [2.75, 3.05) is 0 Å². The van der Waals surface area contributed by atoms with Crippen molar-refractivity contribution in [1.82, 2.24) is 19.5 Å². The van der Waals surface area contributed by atoms with Crippen molar-refractivity contribution in [2.24, 2.45) is 0 Å². The lowest BCUT2D eigenvalue weighted by atomic mass is 10.2. The van der Waals surface area contributed by atoms with Gasteiger partial charge in [0.25, 0.3) is 0 Å². The Morgan fingerprint density at radius 2 is 2.04 bits per heavy atom. The molecule has 1 N–H and O–H groups in total. The average Bonchev–Trinajstić information content (AvgIpc) is 3.07. The molecule has 0 spiro atoms. The molecule has 0 aliphatic carbocycles. The molecule has 0 radical (unpaired) electrons. The van der Waals surface area contributed by atoms with E-state index in [2.05, 4.69) is 30.7 Å². The summed E-state index contributed by atoms with van der Waals surface area (Å²) in [5.74, 6) is 0.610. The summed E-state index contributed by atoms with van der Waals surface area (Å²) in [6, 6.07) is 9.90. The van der Waals surface area contributed by atoms with E-state index in [9.17, 15) is 8.42 Å². The highest BCUT2D eigenvalue weighted by molar-refractivity contribution is 9.10. The van der Waals surface area contributed by atoms with Crippen LogP contribution in [0, 0.1) is 0 Å². The van der Waals surface area contributed by atoms with Crippen molar-refractivity contribution in [3.8, 4) is 5.82 Å². The number of aromatic nitrogens is 3. The van der Waals surface area contributed by atoms with Crippen LogP contribution in [0.25, 0.3) is 5.82 Å². The van der Waals surface area contributed by atoms with Crippen molar-refractivity contribution in [3.05, 3.63) is 70.0 Å². The van der Waals surface area contributed by atoms with Crippen LogP contribution in [0.3, 0.4) is 0 Å². The lowest BCUT2D eigenvalue weighted by Crippen LogP contribution is -2.23. The summed E-state index contributed by atoms with van der Waals surface area (Å²) in [6.07, 6.45) is 5.01. The third-order valence-corrected chi connectivity index (χ3v) is 5.58. The molecule has 0 amide bonds. The van der Waals surface area contributed by atoms with Gasteiger partial charge in [0.2, 0.25) is 10.0 Å². The van der Waals surface area contributed by atoms with Gasteiger partial charge in [-0.05, 0) is 42.0 Å². The largest absolute Gasteiger partial charge is 0.242 e. The second-order valence-electron chi connectivity index (χ2n) is 4.87. The number of hydrogen-bond acceptors (Lipinski definition) is 4. The van der Waals surface area contributed by atoms with Crippen molar-refractivity contribution in [1.29, 1.82) is 0 Å². The zero-order valence-corrected chi connectivity index (χ0v) is 15.4. The van der Waals surface area contributed by atoms with Crippen LogP contribution in [0.5, 0.6) is 0 Å². The zero-order chi connectivity index (χ0) is 17.2. The highest BCUT2D eigenvalue weighted by atomic mass is 79.9. The molecular formula is C15H12BrClN4O2S. The average molecular weight is 428 g/mol. The molecule has 1 aromatic carbocycles. The molecule has 124 valence electrons. The van der Waals surface area contributed by atoms with Crippen LogP contribution in [0.15, 0.2) is 64.4 Å². The molecule has 0 bridgehead atoms. The Labute approximate surface area is 152 Å². The molecule has 2 heterocycles. The Morgan fingerprint density at radius 3 is 2.75 bits per heavy atom. The Bertz CT molecular complexity index is 961. The Hall–Kier alpha value is -1.74. The topological polar surface area (TPSA) is 76.9 Å². The molecule has 24 heavy (non-hydrogen) atoms. The second kappa shape index (κ2) is 7.02. The molecule has 2 aromatic heterocycles. The predicted octanol–water partition coefficient (Wildman–Crippen LogP) is 3.16. The quantitative estimate of drug-likeness (QED) is 0.678. The lowest BCUT2D eigenvalue weighted by Gasteiger charge is -2.09. The Morgan fingerprint density at radius 1 is 1.21 bits per heavy atom. The van der Waals surface area contributed by atoms with Gasteiger partial charge in [0.15, 0.2) is 5.82 Å². The van der Waals surface area contributed by atoms with E-state index in [0.717, 1.165) is 5.56 Å². The summed E-state index contributed by atoms with van der Waals surface area (Å²) in [5, 5.41) is 4.25. The highest BCUT2D eigenvalue weighted by Crippen LogP contribution is 2.25. The first-order chi connectivity index (χ1) is 11.5. The minimum absolute atomic E-state index is 0.0359. The fourth-order valence-electron chi connectivity index (χ4n) is 2.05. The Balaban J connectivity index is 1.79. The summed E-state index contributed by atoms with van der Waals surface area (Å²) in [7, 11) is -3.72. The number of rotatable bonds is 5. The van der Waals surface area contributed by atoms with Crippen LogP contribution in [0.2, 0.25) is 5.02 Å². The molecule has 0 saturated heterocycles. The molecule has 6 nitrogen and oxygen atoms in total. The summed E-state index contributed by atoms with van der Waals surface area (Å²) >= 11 is 9.27. The standard InChI is InChI=1S/C15H12BrClN4O2S/c16-12-2-3-14(13(17)9-12)24(22,23)20-10-11-4-6-18-15(8-11)21-7-1-5-19-21/h1-9,20H,10H2. The van der Waals surface area contributed by atoms with Crippen molar-refractivity contribution in [3.63, 3.8) is 0 Å². The lowest BCUT2D eigenvalue weighted by molar-refractivity contribution is 0.581. The molecule has 0 saturated carbocycles. The van der Waals surface area contributed by atoms with E-state index in [-0.39, 0.29) is 16.5 Å². The summed E-state index contributed by atoms with van der Waals surface area (Å²) in [4.78, 5) is 4.24. The van der Waals surface area contributed by atoms with E-state index in [4.69, 9.17) is 11.6 Å². The van der Waals surface area contributed by atoms with Crippen molar-refractivity contribution >= 4 is 37.6 Å². The van der Waals surface area contributed by atoms with Gasteiger partial charge < -0.3 is 0 Å². The molecule has 0 aliphatic heterocycles.